The van der Waals surface area contributed by atoms with E-state index in [1.54, 1.807) is 0 Å². The molecule has 19 N–H and O–H groups in total. The highest BCUT2D eigenvalue weighted by Crippen LogP contribution is 2.26. The van der Waals surface area contributed by atoms with E-state index >= 15 is 0 Å². The molecule has 0 spiro atoms. The zero-order valence-electron chi connectivity index (χ0n) is 58.1. The van der Waals surface area contributed by atoms with Crippen molar-refractivity contribution in [2.45, 2.75) is 221 Å². The van der Waals surface area contributed by atoms with Gasteiger partial charge in [-0.05, 0) is 64.3 Å². The summed E-state index contributed by atoms with van der Waals surface area (Å²) in [6, 6.07) is -3.22. The van der Waals surface area contributed by atoms with E-state index in [9.17, 15) is 89.1 Å². The van der Waals surface area contributed by atoms with Crippen molar-refractivity contribution in [1.82, 2.24) is 53.2 Å². The maximum absolute atomic E-state index is 12.8. The molecule has 0 aromatic rings. The Labute approximate surface area is 582 Å². The number of aliphatic hydroxyl groups excluding tert-OH is 9. The van der Waals surface area contributed by atoms with Gasteiger partial charge in [0.1, 0.15) is 73.1 Å². The lowest BCUT2D eigenvalue weighted by Crippen LogP contribution is -2.64. The van der Waals surface area contributed by atoms with E-state index in [2.05, 4.69) is 53.2 Å². The van der Waals surface area contributed by atoms with Crippen molar-refractivity contribution in [2.24, 2.45) is 0 Å². The highest BCUT2D eigenvalue weighted by atomic mass is 16.7. The number of amides is 9. The Bertz CT molecular complexity index is 2150. The first kappa shape index (κ1) is 88.7. The van der Waals surface area contributed by atoms with E-state index in [0.29, 0.717) is 84.0 Å². The van der Waals surface area contributed by atoms with Crippen molar-refractivity contribution in [2.75, 3.05) is 125 Å². The van der Waals surface area contributed by atoms with Gasteiger partial charge in [-0.2, -0.15) is 0 Å². The summed E-state index contributed by atoms with van der Waals surface area (Å²) in [6.07, 6.45) is -11.0. The molecule has 3 aliphatic rings. The maximum Gasteiger partial charge on any atom is 0.222 e. The van der Waals surface area contributed by atoms with E-state index in [1.165, 1.54) is 20.8 Å². The Morgan fingerprint density at radius 3 is 0.830 bits per heavy atom. The quantitative estimate of drug-likeness (QED) is 0.0252. The minimum Gasteiger partial charge on any atom is -0.394 e. The van der Waals surface area contributed by atoms with Crippen LogP contribution in [0.2, 0.25) is 0 Å². The van der Waals surface area contributed by atoms with Gasteiger partial charge in [-0.3, -0.25) is 43.2 Å². The van der Waals surface area contributed by atoms with Gasteiger partial charge in [-0.25, -0.2) is 0 Å². The van der Waals surface area contributed by atoms with Crippen molar-refractivity contribution >= 4 is 53.2 Å². The summed E-state index contributed by atoms with van der Waals surface area (Å²) in [5.41, 5.74) is -0.990. The molecule has 0 bridgehead atoms. The SMILES string of the molecule is CCNC(COCCC(=O)NCCCNC(=O)CCCCO[C@@H]1OC(CO)[C@H](O)C(O)[C@@H]1NC(C)=O)(COCCC(=O)NCCCNC(=O)CCCCO[C@@H]1OC(CO)[C@H](O)C(O)[C@@H]1NC(C)=O)COCCC(=O)NCCCNC(=O)CCCCO[C@@H]1OC(CO)[C@H](O)C(O)[C@@H]1NC(C)=O. The van der Waals surface area contributed by atoms with Gasteiger partial charge in [0, 0.05) is 118 Å². The number of carbonyl (C=O) groups is 9. The van der Waals surface area contributed by atoms with Crippen molar-refractivity contribution in [1.29, 1.82) is 0 Å². The van der Waals surface area contributed by atoms with Gasteiger partial charge in [0.25, 0.3) is 0 Å². The molecule has 3 saturated heterocycles. The average Bonchev–Trinajstić information content (AvgIpc) is 0.824. The fourth-order valence-electron chi connectivity index (χ4n) is 10.7. The van der Waals surface area contributed by atoms with E-state index in [0.717, 1.165) is 0 Å². The number of likely N-dealkylation sites (N-methyl/N-ethyl adjacent to an activating group) is 1. The van der Waals surface area contributed by atoms with E-state index in [-0.39, 0.29) is 153 Å². The molecule has 15 atom stereocenters. The van der Waals surface area contributed by atoms with Crippen molar-refractivity contribution < 1.29 is 132 Å². The Kier molecular flexibility index (Phi) is 45.0. The standard InChI is InChI=1S/C63H114N10O27/c1-5-70-63(36-92-30-18-48(83)67-24-12-21-64-45(80)15-6-9-27-95-60-51(71-39(2)77)57(89)54(86)42(33-74)98-60,37-93-31-19-49(84)68-25-13-22-65-46(81)16-7-10-28-96-61-52(72-40(3)78)58(90)55(87)43(34-75)99-61)38-94-32-20-50(85)69-26-14-23-66-47(82)17-8-11-29-97-62-53(73-41(4)79)59(91)56(88)44(35-76)100-62/h42-44,51-62,70,74-76,86-91H,5-38H2,1-4H3,(H,64,80)(H,65,81)(H,66,82)(H,67,83)(H,68,84)(H,69,85)(H,71,77)(H,72,78)(H,73,79)/t42?,43?,44?,51-,52-,53-,54-,55-,56-,57?,58?,59?,60+,61+,62+,63?/m0/s1. The molecule has 3 rings (SSSR count). The predicted molar refractivity (Wildman–Crippen MR) is 350 cm³/mol. The van der Waals surface area contributed by atoms with Crippen LogP contribution in [0.1, 0.15) is 124 Å². The molecule has 6 unspecified atom stereocenters. The van der Waals surface area contributed by atoms with Crippen LogP contribution in [-0.4, -0.2) is 322 Å². The molecule has 100 heavy (non-hydrogen) atoms. The summed E-state index contributed by atoms with van der Waals surface area (Å²) in [4.78, 5) is 111. The molecule has 3 fully saturated rings. The summed E-state index contributed by atoms with van der Waals surface area (Å²) in [5, 5.41) is 118. The van der Waals surface area contributed by atoms with Crippen LogP contribution in [0.5, 0.6) is 0 Å². The number of aliphatic hydroxyl groups is 9. The zero-order chi connectivity index (χ0) is 73.8. The fraction of sp³-hybridized carbons (Fsp3) is 0.857. The van der Waals surface area contributed by atoms with Crippen LogP contribution in [0.4, 0.5) is 0 Å². The molecule has 37 nitrogen and oxygen atoms in total. The van der Waals surface area contributed by atoms with Gasteiger partial charge in [0.05, 0.1) is 65.0 Å². The molecular weight excluding hydrogens is 1330 g/mol. The number of rotatable bonds is 53. The van der Waals surface area contributed by atoms with Crippen molar-refractivity contribution in [3.05, 3.63) is 0 Å². The van der Waals surface area contributed by atoms with Crippen molar-refractivity contribution in [3.8, 4) is 0 Å². The number of unbranched alkanes of at least 4 members (excludes halogenated alkanes) is 3. The molecule has 0 radical (unpaired) electrons. The monoisotopic (exact) mass is 1440 g/mol. The molecule has 0 aliphatic carbocycles. The van der Waals surface area contributed by atoms with Crippen LogP contribution in [0, 0.1) is 0 Å². The van der Waals surface area contributed by atoms with Crippen LogP contribution in [0.15, 0.2) is 0 Å². The second kappa shape index (κ2) is 50.8. The van der Waals surface area contributed by atoms with Crippen LogP contribution < -0.4 is 53.2 Å². The summed E-state index contributed by atoms with van der Waals surface area (Å²) in [6.45, 7) is 6.29. The lowest BCUT2D eigenvalue weighted by atomic mass is 9.97. The molecule has 3 heterocycles. The Balaban J connectivity index is 1.38. The topological polar surface area (TPSA) is 539 Å². The first-order chi connectivity index (χ1) is 47.9. The van der Waals surface area contributed by atoms with Gasteiger partial charge in [-0.15, -0.1) is 0 Å². The van der Waals surface area contributed by atoms with Gasteiger partial charge in [-0.1, -0.05) is 6.92 Å². The van der Waals surface area contributed by atoms with Crippen LogP contribution in [0.3, 0.4) is 0 Å². The molecule has 0 saturated carbocycles. The number of hydrogen-bond donors (Lipinski definition) is 19. The van der Waals surface area contributed by atoms with Gasteiger partial charge in [0.2, 0.25) is 53.2 Å². The Morgan fingerprint density at radius 1 is 0.350 bits per heavy atom. The Morgan fingerprint density at radius 2 is 0.600 bits per heavy atom. The van der Waals surface area contributed by atoms with Crippen LogP contribution in [0.25, 0.3) is 0 Å². The number of nitrogens with one attached hydrogen (secondary N) is 10. The molecule has 37 heteroatoms. The summed E-state index contributed by atoms with van der Waals surface area (Å²) in [5.74, 6) is -3.00. The molecule has 578 valence electrons. The first-order valence-corrected chi connectivity index (χ1v) is 34.5. The number of hydrogen-bond acceptors (Lipinski definition) is 28. The fourth-order valence-corrected chi connectivity index (χ4v) is 10.7. The molecule has 0 aromatic heterocycles. The smallest absolute Gasteiger partial charge is 0.222 e. The second-order valence-electron chi connectivity index (χ2n) is 24.7. The predicted octanol–water partition coefficient (Wildman–Crippen LogP) is -7.19. The van der Waals surface area contributed by atoms with E-state index < -0.39 is 135 Å². The molecular formula is C63H114N10O27. The van der Waals surface area contributed by atoms with Crippen LogP contribution >= 0.6 is 0 Å². The number of carbonyl (C=O) groups excluding carboxylic acids is 9. The van der Waals surface area contributed by atoms with Gasteiger partial charge >= 0.3 is 0 Å². The molecule has 0 aromatic carbocycles. The third kappa shape index (κ3) is 35.1. The zero-order valence-corrected chi connectivity index (χ0v) is 58.1. The van der Waals surface area contributed by atoms with Gasteiger partial charge in [0.15, 0.2) is 18.9 Å². The highest BCUT2D eigenvalue weighted by Gasteiger charge is 2.48. The van der Waals surface area contributed by atoms with E-state index in [1.807, 2.05) is 6.92 Å². The lowest BCUT2D eigenvalue weighted by Gasteiger charge is -2.42. The summed E-state index contributed by atoms with van der Waals surface area (Å²) >= 11 is 0. The maximum atomic E-state index is 12.8. The minimum atomic E-state index is -1.44. The van der Waals surface area contributed by atoms with E-state index in [4.69, 9.17) is 42.6 Å². The normalized spacial score (nSPS) is 25.7. The molecule has 9 amide bonds. The highest BCUT2D eigenvalue weighted by molar-refractivity contribution is 5.78. The largest absolute Gasteiger partial charge is 0.394 e. The summed E-state index contributed by atoms with van der Waals surface area (Å²) < 4.78 is 51.7. The van der Waals surface area contributed by atoms with Crippen molar-refractivity contribution in [3.63, 3.8) is 0 Å². The summed E-state index contributed by atoms with van der Waals surface area (Å²) in [7, 11) is 0. The second-order valence-corrected chi connectivity index (χ2v) is 24.7. The first-order valence-electron chi connectivity index (χ1n) is 34.5. The average molecular weight is 1440 g/mol. The van der Waals surface area contributed by atoms with Gasteiger partial charge < -0.3 is 142 Å². The van der Waals surface area contributed by atoms with Crippen LogP contribution in [-0.2, 0) is 85.8 Å². The Hall–Kier alpha value is -5.53. The third-order valence-corrected chi connectivity index (χ3v) is 16.1. The minimum absolute atomic E-state index is 0.00328. The lowest BCUT2D eigenvalue weighted by molar-refractivity contribution is -0.270. The molecule has 3 aliphatic heterocycles. The number of ether oxygens (including phenoxy) is 9. The third-order valence-electron chi connectivity index (χ3n) is 16.1.